The minimum Gasteiger partial charge on any atom is -0.481 e. The molecule has 11 heteroatoms. The van der Waals surface area contributed by atoms with Crippen molar-refractivity contribution in [3.63, 3.8) is 0 Å². The highest BCUT2D eigenvalue weighted by molar-refractivity contribution is 5.93. The lowest BCUT2D eigenvalue weighted by Crippen LogP contribution is -2.48. The number of carboxylic acid groups (broad SMARTS) is 1. The van der Waals surface area contributed by atoms with Gasteiger partial charge >= 0.3 is 5.97 Å². The molecule has 1 aromatic heterocycles. The van der Waals surface area contributed by atoms with Crippen LogP contribution >= 0.6 is 0 Å². The van der Waals surface area contributed by atoms with E-state index in [1.165, 1.54) is 18.3 Å². The number of nitrogens with zero attached hydrogens (tertiary/aromatic N) is 1. The van der Waals surface area contributed by atoms with Crippen LogP contribution in [0.5, 0.6) is 0 Å². The number of pyridine rings is 1. The van der Waals surface area contributed by atoms with Crippen molar-refractivity contribution in [2.45, 2.75) is 38.5 Å². The molecule has 3 N–H and O–H groups in total. The predicted octanol–water partition coefficient (Wildman–Crippen LogP) is 1.45. The summed E-state index contributed by atoms with van der Waals surface area (Å²) < 4.78 is 19.5. The number of alkyl halides is 1. The molecule has 2 atom stereocenters. The van der Waals surface area contributed by atoms with Crippen LogP contribution in [0.2, 0.25) is 0 Å². The number of ether oxygens (including phenoxy) is 1. The normalized spacial score (nSPS) is 12.4. The summed E-state index contributed by atoms with van der Waals surface area (Å²) in [7, 11) is 0. The number of aliphatic carboxylic acids is 1. The summed E-state index contributed by atoms with van der Waals surface area (Å²) in [6, 6.07) is 8.86. The smallest absolute Gasteiger partial charge is 0.305 e. The maximum absolute atomic E-state index is 13.0. The van der Waals surface area contributed by atoms with Crippen molar-refractivity contribution in [2.75, 3.05) is 18.6 Å². The molecule has 0 fully saturated rings. The number of nitrogens with one attached hydrogen (secondary N) is 2. The Bertz CT molecular complexity index is 1070. The minimum absolute atomic E-state index is 0.0721. The molecule has 2 aromatic rings. The van der Waals surface area contributed by atoms with E-state index in [1.807, 2.05) is 6.07 Å². The third kappa shape index (κ3) is 7.62. The van der Waals surface area contributed by atoms with Crippen LogP contribution in [0, 0.1) is 0 Å². The van der Waals surface area contributed by atoms with Gasteiger partial charge in [-0.25, -0.2) is 4.39 Å². The minimum atomic E-state index is -1.62. The Hall–Kier alpha value is -3.86. The van der Waals surface area contributed by atoms with E-state index in [4.69, 9.17) is 9.84 Å². The van der Waals surface area contributed by atoms with Gasteiger partial charge in [-0.1, -0.05) is 37.3 Å². The number of carbonyl (C=O) groups is 4. The molecule has 0 aliphatic carbocycles. The van der Waals surface area contributed by atoms with Gasteiger partial charge in [-0.15, -0.1) is 0 Å². The van der Waals surface area contributed by atoms with Crippen molar-refractivity contribution in [1.29, 1.82) is 0 Å². The van der Waals surface area contributed by atoms with E-state index in [2.05, 4.69) is 10.6 Å². The van der Waals surface area contributed by atoms with E-state index in [-0.39, 0.29) is 25.3 Å². The fourth-order valence-electron chi connectivity index (χ4n) is 3.02. The number of hydrogen-bond acceptors (Lipinski definition) is 6. The summed E-state index contributed by atoms with van der Waals surface area (Å²) in [6.45, 7) is -0.0795. The summed E-state index contributed by atoms with van der Waals surface area (Å²) in [5, 5.41) is 13.7. The zero-order valence-corrected chi connectivity index (χ0v) is 18.5. The number of carboxylic acids is 1. The van der Waals surface area contributed by atoms with Gasteiger partial charge in [-0.05, 0) is 17.7 Å². The van der Waals surface area contributed by atoms with Crippen LogP contribution < -0.4 is 16.2 Å². The summed E-state index contributed by atoms with van der Waals surface area (Å²) in [4.78, 5) is 60.6. The summed E-state index contributed by atoms with van der Waals surface area (Å²) in [5.74, 6) is -3.85. The van der Waals surface area contributed by atoms with E-state index < -0.39 is 54.3 Å². The fourth-order valence-corrected chi connectivity index (χ4v) is 3.02. The molecular formula is C23H26FN3O7. The third-order valence-corrected chi connectivity index (χ3v) is 4.81. The number of halogens is 1. The number of ketones is 1. The molecule has 0 bridgehead atoms. The second kappa shape index (κ2) is 13.0. The molecular weight excluding hydrogens is 449 g/mol. The standard InChI is InChI=1S/C23H26FN3O7/c1-2-20(29)25-16-9-6-10-27(23(16)33)18(14-34-13-15-7-4-3-5-8-15)22(32)26-17(11-21(30)31)19(28)12-24/h3-10,17-18H,2,11-14H2,1H3,(H,25,29)(H,26,32)(H,30,31). The number of benzene rings is 1. The Morgan fingerprint density at radius 1 is 1.12 bits per heavy atom. The molecule has 182 valence electrons. The average molecular weight is 475 g/mol. The second-order valence-corrected chi connectivity index (χ2v) is 7.31. The van der Waals surface area contributed by atoms with E-state index in [0.717, 1.165) is 10.1 Å². The fraction of sp³-hybridized carbons (Fsp3) is 0.348. The van der Waals surface area contributed by atoms with Gasteiger partial charge in [0.25, 0.3) is 5.56 Å². The first kappa shape index (κ1) is 26.4. The van der Waals surface area contributed by atoms with Crippen LogP contribution in [0.4, 0.5) is 10.1 Å². The zero-order valence-electron chi connectivity index (χ0n) is 18.5. The number of Topliss-reactive ketones (excluding diaryl/α,β-unsaturated/α-hetero) is 1. The van der Waals surface area contributed by atoms with Crippen molar-refractivity contribution < 1.29 is 33.4 Å². The van der Waals surface area contributed by atoms with Crippen molar-refractivity contribution in [1.82, 2.24) is 9.88 Å². The van der Waals surface area contributed by atoms with Crippen molar-refractivity contribution in [3.8, 4) is 0 Å². The van der Waals surface area contributed by atoms with Crippen LogP contribution in [0.3, 0.4) is 0 Å². The molecule has 2 amide bonds. The largest absolute Gasteiger partial charge is 0.481 e. The third-order valence-electron chi connectivity index (χ3n) is 4.81. The topological polar surface area (TPSA) is 144 Å². The lowest BCUT2D eigenvalue weighted by molar-refractivity contribution is -0.140. The van der Waals surface area contributed by atoms with Crippen molar-refractivity contribution >= 4 is 29.3 Å². The Labute approximate surface area is 194 Å². The average Bonchev–Trinajstić information content (AvgIpc) is 2.82. The molecule has 2 rings (SSSR count). The van der Waals surface area contributed by atoms with Gasteiger partial charge < -0.3 is 20.5 Å². The number of rotatable bonds is 13. The van der Waals surface area contributed by atoms with Crippen molar-refractivity contribution in [3.05, 3.63) is 64.6 Å². The highest BCUT2D eigenvalue weighted by atomic mass is 19.1. The number of hydrogen-bond donors (Lipinski definition) is 3. The molecule has 0 saturated heterocycles. The van der Waals surface area contributed by atoms with Crippen LogP contribution in [0.1, 0.15) is 31.4 Å². The lowest BCUT2D eigenvalue weighted by Gasteiger charge is -2.23. The summed E-state index contributed by atoms with van der Waals surface area (Å²) in [5.41, 5.74) is 0.0193. The van der Waals surface area contributed by atoms with E-state index in [1.54, 1.807) is 31.2 Å². The maximum atomic E-state index is 13.0. The summed E-state index contributed by atoms with van der Waals surface area (Å²) in [6.07, 6.45) is 0.595. The van der Waals surface area contributed by atoms with E-state index in [9.17, 15) is 28.4 Å². The molecule has 1 heterocycles. The van der Waals surface area contributed by atoms with Crippen LogP contribution in [0.15, 0.2) is 53.5 Å². The van der Waals surface area contributed by atoms with Gasteiger partial charge in [0.2, 0.25) is 11.8 Å². The molecule has 10 nitrogen and oxygen atoms in total. The summed E-state index contributed by atoms with van der Waals surface area (Å²) >= 11 is 0. The molecule has 0 saturated carbocycles. The van der Waals surface area contributed by atoms with Crippen LogP contribution in [-0.2, 0) is 30.5 Å². The Morgan fingerprint density at radius 3 is 2.44 bits per heavy atom. The van der Waals surface area contributed by atoms with Gasteiger partial charge in [-0.3, -0.25) is 28.5 Å². The zero-order chi connectivity index (χ0) is 25.1. The highest BCUT2D eigenvalue weighted by Crippen LogP contribution is 2.12. The SMILES string of the molecule is CCC(=O)Nc1cccn(C(COCc2ccccc2)C(=O)NC(CC(=O)O)C(=O)CF)c1=O. The molecule has 34 heavy (non-hydrogen) atoms. The Kier molecular flexibility index (Phi) is 10.1. The van der Waals surface area contributed by atoms with Gasteiger partial charge in [0.1, 0.15) is 24.4 Å². The molecule has 2 unspecified atom stereocenters. The number of anilines is 1. The first-order chi connectivity index (χ1) is 16.3. The molecule has 0 aliphatic heterocycles. The first-order valence-corrected chi connectivity index (χ1v) is 10.5. The number of aromatic nitrogens is 1. The molecule has 0 aliphatic rings. The molecule has 0 radical (unpaired) electrons. The van der Waals surface area contributed by atoms with Gasteiger partial charge in [0.05, 0.1) is 19.6 Å². The van der Waals surface area contributed by atoms with Gasteiger partial charge in [0.15, 0.2) is 5.78 Å². The quantitative estimate of drug-likeness (QED) is 0.398. The highest BCUT2D eigenvalue weighted by Gasteiger charge is 2.29. The Morgan fingerprint density at radius 2 is 1.82 bits per heavy atom. The van der Waals surface area contributed by atoms with E-state index >= 15 is 0 Å². The lowest BCUT2D eigenvalue weighted by atomic mass is 10.1. The van der Waals surface area contributed by atoms with Gasteiger partial charge in [0, 0.05) is 12.6 Å². The Balaban J connectivity index is 2.33. The van der Waals surface area contributed by atoms with Crippen molar-refractivity contribution in [2.24, 2.45) is 0 Å². The predicted molar refractivity (Wildman–Crippen MR) is 120 cm³/mol. The second-order valence-electron chi connectivity index (χ2n) is 7.31. The number of carbonyl (C=O) groups excluding carboxylic acids is 3. The van der Waals surface area contributed by atoms with E-state index in [0.29, 0.717) is 0 Å². The molecule has 0 spiro atoms. The molecule has 1 aromatic carbocycles. The number of amides is 2. The first-order valence-electron chi connectivity index (χ1n) is 10.5. The van der Waals surface area contributed by atoms with Crippen LogP contribution in [-0.4, -0.2) is 52.6 Å². The maximum Gasteiger partial charge on any atom is 0.305 e. The monoisotopic (exact) mass is 475 g/mol. The van der Waals surface area contributed by atoms with Gasteiger partial charge in [-0.2, -0.15) is 0 Å². The van der Waals surface area contributed by atoms with Crippen LogP contribution in [0.25, 0.3) is 0 Å².